The number of benzene rings is 1. The maximum Gasteiger partial charge on any atom is 0.160 e. The molecule has 1 aromatic heterocycles. The third-order valence-corrected chi connectivity index (χ3v) is 4.52. The van der Waals surface area contributed by atoms with Crippen LogP contribution in [0.1, 0.15) is 35.4 Å². The van der Waals surface area contributed by atoms with E-state index in [-0.39, 0.29) is 11.1 Å². The Morgan fingerprint density at radius 1 is 1.30 bits per heavy atom. The highest BCUT2D eigenvalue weighted by atomic mass is 35.5. The number of nitrogens with one attached hydrogen (secondary N) is 1. The first-order chi connectivity index (χ1) is 9.54. The van der Waals surface area contributed by atoms with Crippen molar-refractivity contribution in [2.24, 2.45) is 0 Å². The number of rotatable bonds is 5. The number of hydrogen-bond acceptors (Lipinski definition) is 2. The zero-order chi connectivity index (χ0) is 14.7. The van der Waals surface area contributed by atoms with Crippen molar-refractivity contribution in [3.05, 3.63) is 56.2 Å². The van der Waals surface area contributed by atoms with Crippen LogP contribution in [0, 0.1) is 18.6 Å². The van der Waals surface area contributed by atoms with Crippen LogP contribution in [0.15, 0.2) is 23.6 Å². The molecule has 0 saturated carbocycles. The fourth-order valence-corrected chi connectivity index (χ4v) is 3.35. The van der Waals surface area contributed by atoms with E-state index in [9.17, 15) is 8.78 Å². The third kappa shape index (κ3) is 3.19. The van der Waals surface area contributed by atoms with Gasteiger partial charge in [0, 0.05) is 9.90 Å². The predicted molar refractivity (Wildman–Crippen MR) is 80.6 cm³/mol. The van der Waals surface area contributed by atoms with Crippen molar-refractivity contribution in [1.82, 2.24) is 5.32 Å². The van der Waals surface area contributed by atoms with E-state index < -0.39 is 11.6 Å². The molecule has 20 heavy (non-hydrogen) atoms. The van der Waals surface area contributed by atoms with Crippen LogP contribution in [0.25, 0.3) is 0 Å². The van der Waals surface area contributed by atoms with Gasteiger partial charge in [-0.15, -0.1) is 11.3 Å². The fraction of sp³-hybridized carbons (Fsp3) is 0.333. The molecule has 1 atom stereocenters. The van der Waals surface area contributed by atoms with Gasteiger partial charge in [-0.05, 0) is 54.6 Å². The number of thiophene rings is 1. The number of aryl methyl sites for hydroxylation is 1. The van der Waals surface area contributed by atoms with Crippen molar-refractivity contribution >= 4 is 22.9 Å². The Morgan fingerprint density at radius 2 is 2.00 bits per heavy atom. The van der Waals surface area contributed by atoms with Gasteiger partial charge in [0.05, 0.1) is 6.04 Å². The van der Waals surface area contributed by atoms with E-state index in [2.05, 4.69) is 12.2 Å². The molecule has 0 aliphatic carbocycles. The lowest BCUT2D eigenvalue weighted by Crippen LogP contribution is -2.23. The smallest absolute Gasteiger partial charge is 0.160 e. The van der Waals surface area contributed by atoms with Crippen molar-refractivity contribution < 1.29 is 8.78 Å². The maximum absolute atomic E-state index is 13.5. The van der Waals surface area contributed by atoms with Crippen LogP contribution in [-0.4, -0.2) is 6.54 Å². The first-order valence-corrected chi connectivity index (χ1v) is 7.72. The third-order valence-electron chi connectivity index (χ3n) is 3.11. The molecular weight excluding hydrogens is 300 g/mol. The second-order valence-corrected chi connectivity index (χ2v) is 6.00. The molecule has 2 rings (SSSR count). The molecular formula is C15H16ClF2NS. The van der Waals surface area contributed by atoms with Crippen LogP contribution in [-0.2, 0) is 0 Å². The summed E-state index contributed by atoms with van der Waals surface area (Å²) in [5.74, 6) is -1.79. The molecule has 0 radical (unpaired) electrons. The van der Waals surface area contributed by atoms with E-state index in [1.54, 1.807) is 11.3 Å². The fourth-order valence-electron chi connectivity index (χ4n) is 2.07. The lowest BCUT2D eigenvalue weighted by molar-refractivity contribution is 0.503. The van der Waals surface area contributed by atoms with Gasteiger partial charge in [0.2, 0.25) is 0 Å². The minimum atomic E-state index is -0.920. The van der Waals surface area contributed by atoms with E-state index in [1.165, 1.54) is 6.07 Å². The molecule has 2 aromatic rings. The molecule has 1 N–H and O–H groups in total. The number of halogens is 3. The van der Waals surface area contributed by atoms with Crippen molar-refractivity contribution in [2.75, 3.05) is 6.54 Å². The van der Waals surface area contributed by atoms with Gasteiger partial charge in [0.25, 0.3) is 0 Å². The van der Waals surface area contributed by atoms with Crippen molar-refractivity contribution in [2.45, 2.75) is 26.3 Å². The molecule has 0 saturated heterocycles. The molecule has 1 nitrogen and oxygen atoms in total. The summed E-state index contributed by atoms with van der Waals surface area (Å²) in [6.07, 6.45) is 0.947. The van der Waals surface area contributed by atoms with Gasteiger partial charge in [-0.1, -0.05) is 18.5 Å². The molecule has 0 aliphatic heterocycles. The molecule has 0 aliphatic rings. The average molecular weight is 316 g/mol. The SMILES string of the molecule is CCCNC(c1cc(F)c(F)cc1Cl)c1sccc1C. The molecule has 108 valence electrons. The van der Waals surface area contributed by atoms with Gasteiger partial charge < -0.3 is 5.32 Å². The summed E-state index contributed by atoms with van der Waals surface area (Å²) in [7, 11) is 0. The van der Waals surface area contributed by atoms with Crippen LogP contribution >= 0.6 is 22.9 Å². The summed E-state index contributed by atoms with van der Waals surface area (Å²) in [5.41, 5.74) is 1.69. The quantitative estimate of drug-likeness (QED) is 0.759. The lowest BCUT2D eigenvalue weighted by Gasteiger charge is -2.20. The Bertz CT molecular complexity index is 598. The standard InChI is InChI=1S/C15H16ClF2NS/c1-3-5-19-14(15-9(2)4-6-20-15)10-7-12(17)13(18)8-11(10)16/h4,6-8,14,19H,3,5H2,1-2H3. The van der Waals surface area contributed by atoms with Crippen LogP contribution < -0.4 is 5.32 Å². The predicted octanol–water partition coefficient (Wildman–Crippen LogP) is 5.08. The molecule has 0 amide bonds. The van der Waals surface area contributed by atoms with E-state index in [1.807, 2.05) is 18.4 Å². The van der Waals surface area contributed by atoms with E-state index in [0.717, 1.165) is 29.5 Å². The lowest BCUT2D eigenvalue weighted by atomic mass is 10.0. The van der Waals surface area contributed by atoms with E-state index in [4.69, 9.17) is 11.6 Å². The van der Waals surface area contributed by atoms with Crippen LogP contribution in [0.2, 0.25) is 5.02 Å². The van der Waals surface area contributed by atoms with Gasteiger partial charge in [-0.3, -0.25) is 0 Å². The van der Waals surface area contributed by atoms with Crippen molar-refractivity contribution in [1.29, 1.82) is 0 Å². The summed E-state index contributed by atoms with van der Waals surface area (Å²) < 4.78 is 26.7. The molecule has 0 bridgehead atoms. The van der Waals surface area contributed by atoms with Crippen molar-refractivity contribution in [3.63, 3.8) is 0 Å². The highest BCUT2D eigenvalue weighted by molar-refractivity contribution is 7.10. The summed E-state index contributed by atoms with van der Waals surface area (Å²) >= 11 is 7.69. The molecule has 0 spiro atoms. The van der Waals surface area contributed by atoms with Gasteiger partial charge in [0.15, 0.2) is 11.6 Å². The first-order valence-electron chi connectivity index (χ1n) is 6.46. The maximum atomic E-state index is 13.5. The zero-order valence-electron chi connectivity index (χ0n) is 11.3. The van der Waals surface area contributed by atoms with Gasteiger partial charge in [0.1, 0.15) is 0 Å². The molecule has 0 fully saturated rings. The minimum Gasteiger partial charge on any atom is -0.306 e. The Kier molecular flexibility index (Phi) is 5.13. The molecule has 5 heteroatoms. The minimum absolute atomic E-state index is 0.211. The summed E-state index contributed by atoms with van der Waals surface area (Å²) in [4.78, 5) is 1.08. The van der Waals surface area contributed by atoms with Crippen LogP contribution in [0.4, 0.5) is 8.78 Å². The average Bonchev–Trinajstić information content (AvgIpc) is 2.82. The molecule has 1 heterocycles. The van der Waals surface area contributed by atoms with Crippen LogP contribution in [0.5, 0.6) is 0 Å². The zero-order valence-corrected chi connectivity index (χ0v) is 12.9. The summed E-state index contributed by atoms with van der Waals surface area (Å²) in [6.45, 7) is 4.83. The van der Waals surface area contributed by atoms with Crippen LogP contribution in [0.3, 0.4) is 0 Å². The Morgan fingerprint density at radius 3 is 2.60 bits per heavy atom. The van der Waals surface area contributed by atoms with Crippen molar-refractivity contribution in [3.8, 4) is 0 Å². The topological polar surface area (TPSA) is 12.0 Å². The monoisotopic (exact) mass is 315 g/mol. The van der Waals surface area contributed by atoms with Gasteiger partial charge in [-0.2, -0.15) is 0 Å². The molecule has 1 aromatic carbocycles. The second kappa shape index (κ2) is 6.66. The summed E-state index contributed by atoms with van der Waals surface area (Å²) in [6, 6.07) is 4.02. The Balaban J connectivity index is 2.46. The normalized spacial score (nSPS) is 12.7. The highest BCUT2D eigenvalue weighted by Gasteiger charge is 2.21. The Labute approximate surface area is 126 Å². The largest absolute Gasteiger partial charge is 0.306 e. The highest BCUT2D eigenvalue weighted by Crippen LogP contribution is 2.34. The summed E-state index contributed by atoms with van der Waals surface area (Å²) in [5, 5.41) is 5.58. The number of hydrogen-bond donors (Lipinski definition) is 1. The van der Waals surface area contributed by atoms with E-state index in [0.29, 0.717) is 5.56 Å². The Hall–Kier alpha value is -0.970. The van der Waals surface area contributed by atoms with Gasteiger partial charge >= 0.3 is 0 Å². The van der Waals surface area contributed by atoms with Gasteiger partial charge in [-0.25, -0.2) is 8.78 Å². The first kappa shape index (κ1) is 15.4. The van der Waals surface area contributed by atoms with E-state index >= 15 is 0 Å². The molecule has 1 unspecified atom stereocenters. The second-order valence-electron chi connectivity index (χ2n) is 4.64.